The molecule has 2 heterocycles. The number of fused-ring (bicyclic) bond motifs is 1. The van der Waals surface area contributed by atoms with Crippen LogP contribution in [0.3, 0.4) is 0 Å². The maximum atomic E-state index is 11.6. The molecule has 5 heteroatoms. The van der Waals surface area contributed by atoms with Crippen molar-refractivity contribution in [3.63, 3.8) is 0 Å². The van der Waals surface area contributed by atoms with E-state index < -0.39 is 0 Å². The molecule has 0 bridgehead atoms. The monoisotopic (exact) mass is 320 g/mol. The first-order valence-corrected chi connectivity index (χ1v) is 8.24. The van der Waals surface area contributed by atoms with Crippen molar-refractivity contribution in [1.82, 2.24) is 0 Å². The Balaban J connectivity index is 1.95. The van der Waals surface area contributed by atoms with Crippen molar-refractivity contribution in [1.29, 1.82) is 0 Å². The maximum absolute atomic E-state index is 11.6. The summed E-state index contributed by atoms with van der Waals surface area (Å²) >= 11 is 7.91. The van der Waals surface area contributed by atoms with Gasteiger partial charge in [0.2, 0.25) is 5.91 Å². The lowest BCUT2D eigenvalue weighted by atomic mass is 9.99. The number of rotatable bonds is 2. The Labute approximate surface area is 133 Å². The van der Waals surface area contributed by atoms with Gasteiger partial charge in [0, 0.05) is 17.0 Å². The minimum Gasteiger partial charge on any atom is -0.326 e. The van der Waals surface area contributed by atoms with Crippen LogP contribution in [0.15, 0.2) is 23.6 Å². The Kier molecular flexibility index (Phi) is 4.02. The molecule has 0 saturated carbocycles. The summed E-state index contributed by atoms with van der Waals surface area (Å²) in [5.74, 6) is 0.0859. The summed E-state index contributed by atoms with van der Waals surface area (Å²) in [6.45, 7) is 1.99. The Morgan fingerprint density at radius 3 is 2.90 bits per heavy atom. The molecule has 21 heavy (non-hydrogen) atoms. The molecular formula is C16H17ClN2OS. The molecule has 3 nitrogen and oxygen atoms in total. The van der Waals surface area contributed by atoms with Crippen molar-refractivity contribution in [3.05, 3.63) is 50.2 Å². The minimum absolute atomic E-state index is 0.0859. The molecule has 2 aromatic rings. The van der Waals surface area contributed by atoms with Crippen LogP contribution in [-0.2, 0) is 11.2 Å². The van der Waals surface area contributed by atoms with Crippen molar-refractivity contribution in [2.24, 2.45) is 5.73 Å². The Hall–Kier alpha value is -1.36. The van der Waals surface area contributed by atoms with E-state index in [-0.39, 0.29) is 11.9 Å². The summed E-state index contributed by atoms with van der Waals surface area (Å²) in [6, 6.07) is 5.79. The molecule has 1 atom stereocenters. The van der Waals surface area contributed by atoms with E-state index in [4.69, 9.17) is 17.3 Å². The summed E-state index contributed by atoms with van der Waals surface area (Å²) in [5.41, 5.74) is 10.5. The Morgan fingerprint density at radius 2 is 2.19 bits per heavy atom. The molecule has 0 radical (unpaired) electrons. The Bertz CT molecular complexity index is 696. The van der Waals surface area contributed by atoms with Gasteiger partial charge in [0.15, 0.2) is 0 Å². The predicted octanol–water partition coefficient (Wildman–Crippen LogP) is 4.03. The largest absolute Gasteiger partial charge is 0.326 e. The number of hydrogen-bond acceptors (Lipinski definition) is 3. The molecule has 3 rings (SSSR count). The van der Waals surface area contributed by atoms with E-state index in [0.717, 1.165) is 45.1 Å². The van der Waals surface area contributed by atoms with Crippen LogP contribution in [0.2, 0.25) is 5.02 Å². The number of amides is 1. The third-order valence-corrected chi connectivity index (χ3v) is 5.62. The van der Waals surface area contributed by atoms with Gasteiger partial charge in [0.25, 0.3) is 0 Å². The number of carbonyl (C=O) groups is 1. The summed E-state index contributed by atoms with van der Waals surface area (Å²) in [6.07, 6.45) is 2.34. The SMILES string of the molecule is Cc1csc(C(N)c2ccc3c(c2)CCCC(=O)N3)c1Cl. The molecule has 1 unspecified atom stereocenters. The zero-order valence-corrected chi connectivity index (χ0v) is 13.4. The van der Waals surface area contributed by atoms with Gasteiger partial charge in [0.1, 0.15) is 0 Å². The quantitative estimate of drug-likeness (QED) is 0.877. The van der Waals surface area contributed by atoms with E-state index in [9.17, 15) is 4.79 Å². The van der Waals surface area contributed by atoms with Crippen LogP contribution in [-0.4, -0.2) is 5.91 Å². The Morgan fingerprint density at radius 1 is 1.38 bits per heavy atom. The number of hydrogen-bond donors (Lipinski definition) is 2. The van der Waals surface area contributed by atoms with Crippen LogP contribution in [0, 0.1) is 6.92 Å². The number of aryl methyl sites for hydroxylation is 2. The molecule has 110 valence electrons. The molecular weight excluding hydrogens is 304 g/mol. The van der Waals surface area contributed by atoms with Gasteiger partial charge in [-0.25, -0.2) is 0 Å². The van der Waals surface area contributed by atoms with E-state index in [1.165, 1.54) is 0 Å². The van der Waals surface area contributed by atoms with E-state index in [2.05, 4.69) is 11.4 Å². The number of thiophene rings is 1. The van der Waals surface area contributed by atoms with E-state index in [0.29, 0.717) is 6.42 Å². The van der Waals surface area contributed by atoms with Crippen LogP contribution in [0.25, 0.3) is 0 Å². The molecule has 0 spiro atoms. The fraction of sp³-hybridized carbons (Fsp3) is 0.312. The average Bonchev–Trinajstić information content (AvgIpc) is 2.69. The number of benzene rings is 1. The molecule has 1 aromatic heterocycles. The number of carbonyl (C=O) groups excluding carboxylic acids is 1. The number of halogens is 1. The molecule has 3 N–H and O–H groups in total. The third-order valence-electron chi connectivity index (χ3n) is 3.82. The highest BCUT2D eigenvalue weighted by atomic mass is 35.5. The lowest BCUT2D eigenvalue weighted by Crippen LogP contribution is -2.12. The number of nitrogens with one attached hydrogen (secondary N) is 1. The van der Waals surface area contributed by atoms with Gasteiger partial charge >= 0.3 is 0 Å². The molecule has 1 aromatic carbocycles. The van der Waals surface area contributed by atoms with Crippen molar-refractivity contribution in [2.75, 3.05) is 5.32 Å². The normalized spacial score (nSPS) is 16.0. The van der Waals surface area contributed by atoms with Crippen LogP contribution < -0.4 is 11.1 Å². The first kappa shape index (κ1) is 14.6. The second kappa shape index (κ2) is 5.79. The van der Waals surface area contributed by atoms with Crippen molar-refractivity contribution < 1.29 is 4.79 Å². The lowest BCUT2D eigenvalue weighted by Gasteiger charge is -2.14. The van der Waals surface area contributed by atoms with Gasteiger partial charge in [-0.05, 0) is 47.9 Å². The van der Waals surface area contributed by atoms with Gasteiger partial charge in [0.05, 0.1) is 11.1 Å². The standard InChI is InChI=1S/C16H17ClN2OS/c1-9-8-21-16(14(9)17)15(18)11-5-6-12-10(7-11)3-2-4-13(20)19-12/h5-8,15H,2-4,18H2,1H3,(H,19,20). The molecule has 1 aliphatic heterocycles. The second-order valence-corrected chi connectivity index (χ2v) is 6.68. The third kappa shape index (κ3) is 2.84. The van der Waals surface area contributed by atoms with Gasteiger partial charge in [-0.1, -0.05) is 23.7 Å². The molecule has 1 aliphatic rings. The van der Waals surface area contributed by atoms with Crippen molar-refractivity contribution in [2.45, 2.75) is 32.2 Å². The van der Waals surface area contributed by atoms with Crippen molar-refractivity contribution in [3.8, 4) is 0 Å². The van der Waals surface area contributed by atoms with Crippen LogP contribution in [0.4, 0.5) is 5.69 Å². The second-order valence-electron chi connectivity index (χ2n) is 5.39. The number of anilines is 1. The minimum atomic E-state index is -0.222. The zero-order chi connectivity index (χ0) is 15.0. The summed E-state index contributed by atoms with van der Waals surface area (Å²) in [7, 11) is 0. The molecule has 0 aliphatic carbocycles. The highest BCUT2D eigenvalue weighted by Gasteiger charge is 2.19. The van der Waals surface area contributed by atoms with Gasteiger partial charge in [-0.15, -0.1) is 11.3 Å². The molecule has 1 amide bonds. The highest BCUT2D eigenvalue weighted by molar-refractivity contribution is 7.10. The summed E-state index contributed by atoms with van der Waals surface area (Å²) < 4.78 is 0. The van der Waals surface area contributed by atoms with Gasteiger partial charge < -0.3 is 11.1 Å². The summed E-state index contributed by atoms with van der Waals surface area (Å²) in [4.78, 5) is 12.6. The van der Waals surface area contributed by atoms with Crippen LogP contribution in [0.5, 0.6) is 0 Å². The highest BCUT2D eigenvalue weighted by Crippen LogP contribution is 2.35. The van der Waals surface area contributed by atoms with Crippen molar-refractivity contribution >= 4 is 34.5 Å². The lowest BCUT2D eigenvalue weighted by molar-refractivity contribution is -0.116. The van der Waals surface area contributed by atoms with Crippen LogP contribution in [0.1, 0.15) is 40.5 Å². The summed E-state index contributed by atoms with van der Waals surface area (Å²) in [5, 5.41) is 5.73. The number of nitrogens with two attached hydrogens (primary N) is 1. The molecule has 0 fully saturated rings. The van der Waals surface area contributed by atoms with E-state index in [1.54, 1.807) is 11.3 Å². The predicted molar refractivity (Wildman–Crippen MR) is 88.1 cm³/mol. The topological polar surface area (TPSA) is 55.1 Å². The first-order valence-electron chi connectivity index (χ1n) is 6.98. The first-order chi connectivity index (χ1) is 10.1. The maximum Gasteiger partial charge on any atom is 0.224 e. The average molecular weight is 321 g/mol. The van der Waals surface area contributed by atoms with Gasteiger partial charge in [-0.3, -0.25) is 4.79 Å². The van der Waals surface area contributed by atoms with Gasteiger partial charge in [-0.2, -0.15) is 0 Å². The zero-order valence-electron chi connectivity index (χ0n) is 11.8. The van der Waals surface area contributed by atoms with E-state index >= 15 is 0 Å². The van der Waals surface area contributed by atoms with Crippen LogP contribution >= 0.6 is 22.9 Å². The fourth-order valence-electron chi connectivity index (χ4n) is 2.60. The molecule has 0 saturated heterocycles. The smallest absolute Gasteiger partial charge is 0.224 e. The van der Waals surface area contributed by atoms with E-state index in [1.807, 2.05) is 24.4 Å². The fourth-order valence-corrected chi connectivity index (χ4v) is 3.94.